The number of aromatic nitrogens is 1. The van der Waals surface area contributed by atoms with Crippen LogP contribution in [0.3, 0.4) is 0 Å². The molecule has 2 amide bonds. The fraction of sp³-hybridized carbons (Fsp3) is 0.125. The van der Waals surface area contributed by atoms with E-state index in [0.29, 0.717) is 22.4 Å². The SMILES string of the molecule is CN1CCN=C1c1ccc(C(=O)Nc2ccc(C=O)cc2C(=O)Nc2ccc(Cl)cn2)cc1. The van der Waals surface area contributed by atoms with E-state index in [1.807, 2.05) is 19.2 Å². The fourth-order valence-electron chi connectivity index (χ4n) is 3.37. The van der Waals surface area contributed by atoms with Crippen LogP contribution in [0, 0.1) is 0 Å². The molecule has 0 fully saturated rings. The van der Waals surface area contributed by atoms with E-state index >= 15 is 0 Å². The highest BCUT2D eigenvalue weighted by Gasteiger charge is 2.18. The Kier molecular flexibility index (Phi) is 6.46. The molecule has 3 aromatic rings. The molecular formula is C24H20ClN5O3. The van der Waals surface area contributed by atoms with Gasteiger partial charge in [0.15, 0.2) is 0 Å². The summed E-state index contributed by atoms with van der Waals surface area (Å²) in [6.07, 6.45) is 2.03. The number of aldehydes is 1. The van der Waals surface area contributed by atoms with E-state index in [2.05, 4.69) is 25.5 Å². The molecule has 1 aliphatic heterocycles. The number of hydrogen-bond donors (Lipinski definition) is 2. The second-order valence-electron chi connectivity index (χ2n) is 7.40. The summed E-state index contributed by atoms with van der Waals surface area (Å²) in [5.74, 6) is 0.261. The molecule has 0 saturated carbocycles. The molecule has 0 atom stereocenters. The number of halogens is 1. The van der Waals surface area contributed by atoms with Gasteiger partial charge in [0, 0.05) is 36.5 Å². The predicted molar refractivity (Wildman–Crippen MR) is 127 cm³/mol. The van der Waals surface area contributed by atoms with Gasteiger partial charge in [0.25, 0.3) is 11.8 Å². The molecule has 166 valence electrons. The summed E-state index contributed by atoms with van der Waals surface area (Å²) in [4.78, 5) is 47.5. The maximum atomic E-state index is 12.9. The Bertz CT molecular complexity index is 1240. The van der Waals surface area contributed by atoms with Gasteiger partial charge in [0.05, 0.1) is 22.8 Å². The first-order valence-electron chi connectivity index (χ1n) is 10.1. The van der Waals surface area contributed by atoms with Crippen molar-refractivity contribution < 1.29 is 14.4 Å². The molecule has 0 unspecified atom stereocenters. The molecule has 0 radical (unpaired) electrons. The molecule has 33 heavy (non-hydrogen) atoms. The summed E-state index contributed by atoms with van der Waals surface area (Å²) in [7, 11) is 1.97. The number of pyridine rings is 1. The van der Waals surface area contributed by atoms with E-state index in [1.165, 1.54) is 24.4 Å². The number of benzene rings is 2. The third-order valence-electron chi connectivity index (χ3n) is 5.11. The number of aliphatic imine (C=N–C) groups is 1. The van der Waals surface area contributed by atoms with E-state index in [-0.39, 0.29) is 23.0 Å². The van der Waals surface area contributed by atoms with Crippen molar-refractivity contribution >= 4 is 47.0 Å². The number of amidine groups is 1. The fourth-order valence-corrected chi connectivity index (χ4v) is 3.49. The van der Waals surface area contributed by atoms with Crippen LogP contribution in [-0.4, -0.2) is 54.0 Å². The predicted octanol–water partition coefficient (Wildman–Crippen LogP) is 3.74. The van der Waals surface area contributed by atoms with Crippen molar-refractivity contribution in [2.24, 2.45) is 4.99 Å². The van der Waals surface area contributed by atoms with Crippen molar-refractivity contribution in [2.45, 2.75) is 0 Å². The summed E-state index contributed by atoms with van der Waals surface area (Å²) in [5.41, 5.74) is 2.04. The van der Waals surface area contributed by atoms with Crippen LogP contribution in [0.4, 0.5) is 11.5 Å². The molecule has 1 aliphatic rings. The van der Waals surface area contributed by atoms with Gasteiger partial charge >= 0.3 is 0 Å². The molecule has 2 heterocycles. The number of rotatable bonds is 6. The van der Waals surface area contributed by atoms with Crippen LogP contribution in [-0.2, 0) is 0 Å². The summed E-state index contributed by atoms with van der Waals surface area (Å²) >= 11 is 5.83. The van der Waals surface area contributed by atoms with Crippen LogP contribution in [0.5, 0.6) is 0 Å². The Morgan fingerprint density at radius 1 is 1.03 bits per heavy atom. The van der Waals surface area contributed by atoms with Crippen molar-refractivity contribution in [3.8, 4) is 0 Å². The third kappa shape index (κ3) is 5.07. The zero-order chi connectivity index (χ0) is 23.4. The van der Waals surface area contributed by atoms with E-state index < -0.39 is 5.91 Å². The van der Waals surface area contributed by atoms with Crippen LogP contribution in [0.2, 0.25) is 5.02 Å². The number of nitrogens with one attached hydrogen (secondary N) is 2. The number of likely N-dealkylation sites (N-methyl/N-ethyl adjacent to an activating group) is 1. The van der Waals surface area contributed by atoms with Gasteiger partial charge in [-0.15, -0.1) is 0 Å². The molecule has 8 nitrogen and oxygen atoms in total. The minimum Gasteiger partial charge on any atom is -0.358 e. The first-order valence-corrected chi connectivity index (χ1v) is 10.5. The van der Waals surface area contributed by atoms with E-state index in [9.17, 15) is 14.4 Å². The van der Waals surface area contributed by atoms with E-state index in [1.54, 1.807) is 24.3 Å². The Hall–Kier alpha value is -4.04. The lowest BCUT2D eigenvalue weighted by molar-refractivity contribution is 0.102. The van der Waals surface area contributed by atoms with Gasteiger partial charge in [0.1, 0.15) is 17.9 Å². The Balaban J connectivity index is 1.54. The van der Waals surface area contributed by atoms with E-state index in [4.69, 9.17) is 11.6 Å². The first kappa shape index (κ1) is 22.2. The minimum absolute atomic E-state index is 0.128. The number of anilines is 2. The molecule has 0 bridgehead atoms. The summed E-state index contributed by atoms with van der Waals surface area (Å²) in [5, 5.41) is 5.83. The standard InChI is InChI=1S/C24H20ClN5O3/c1-30-11-10-26-22(30)16-3-5-17(6-4-16)23(32)28-20-8-2-15(14-31)12-19(20)24(33)29-21-9-7-18(25)13-27-21/h2-9,12-14H,10-11H2,1H3,(H,28,32)(H,27,29,33). The number of hydrogen-bond acceptors (Lipinski definition) is 6. The molecule has 2 aromatic carbocycles. The summed E-state index contributed by atoms with van der Waals surface area (Å²) in [6, 6.07) is 14.7. The molecule has 0 spiro atoms. The number of carbonyl (C=O) groups excluding carboxylic acids is 3. The van der Waals surface area contributed by atoms with Crippen molar-refractivity contribution in [1.29, 1.82) is 0 Å². The average molecular weight is 462 g/mol. The minimum atomic E-state index is -0.526. The molecule has 0 saturated heterocycles. The number of carbonyl (C=O) groups is 3. The van der Waals surface area contributed by atoms with Gasteiger partial charge in [-0.2, -0.15) is 0 Å². The topological polar surface area (TPSA) is 104 Å². The van der Waals surface area contributed by atoms with Gasteiger partial charge in [-0.05, 0) is 42.5 Å². The smallest absolute Gasteiger partial charge is 0.258 e. The van der Waals surface area contributed by atoms with Crippen LogP contribution < -0.4 is 10.6 Å². The van der Waals surface area contributed by atoms with Crippen LogP contribution >= 0.6 is 11.6 Å². The first-order chi connectivity index (χ1) is 15.9. The molecule has 0 aliphatic carbocycles. The normalized spacial score (nSPS) is 12.8. The highest BCUT2D eigenvalue weighted by Crippen LogP contribution is 2.21. The number of nitrogens with zero attached hydrogens (tertiary/aromatic N) is 3. The van der Waals surface area contributed by atoms with Gasteiger partial charge in [0.2, 0.25) is 0 Å². The molecular weight excluding hydrogens is 442 g/mol. The summed E-state index contributed by atoms with van der Waals surface area (Å²) < 4.78 is 0. The van der Waals surface area contributed by atoms with Gasteiger partial charge in [-0.3, -0.25) is 19.4 Å². The van der Waals surface area contributed by atoms with Crippen molar-refractivity contribution in [3.05, 3.63) is 88.1 Å². The zero-order valence-electron chi connectivity index (χ0n) is 17.7. The lowest BCUT2D eigenvalue weighted by Crippen LogP contribution is -2.23. The molecule has 1 aromatic heterocycles. The van der Waals surface area contributed by atoms with Crippen molar-refractivity contribution in [1.82, 2.24) is 9.88 Å². The lowest BCUT2D eigenvalue weighted by Gasteiger charge is -2.14. The highest BCUT2D eigenvalue weighted by atomic mass is 35.5. The van der Waals surface area contributed by atoms with Crippen molar-refractivity contribution in [2.75, 3.05) is 30.8 Å². The average Bonchev–Trinajstić information content (AvgIpc) is 3.26. The maximum absolute atomic E-state index is 12.9. The van der Waals surface area contributed by atoms with Gasteiger partial charge in [-0.25, -0.2) is 4.98 Å². The van der Waals surface area contributed by atoms with Crippen LogP contribution in [0.1, 0.15) is 36.6 Å². The van der Waals surface area contributed by atoms with E-state index in [0.717, 1.165) is 24.5 Å². The lowest BCUT2D eigenvalue weighted by atomic mass is 10.1. The molecule has 4 rings (SSSR count). The molecule has 9 heteroatoms. The Morgan fingerprint density at radius 3 is 2.45 bits per heavy atom. The largest absolute Gasteiger partial charge is 0.358 e. The molecule has 2 N–H and O–H groups in total. The maximum Gasteiger partial charge on any atom is 0.258 e. The van der Waals surface area contributed by atoms with Crippen molar-refractivity contribution in [3.63, 3.8) is 0 Å². The summed E-state index contributed by atoms with van der Waals surface area (Å²) in [6.45, 7) is 1.62. The van der Waals surface area contributed by atoms with Crippen LogP contribution in [0.15, 0.2) is 65.8 Å². The second kappa shape index (κ2) is 9.62. The Morgan fingerprint density at radius 2 is 1.82 bits per heavy atom. The second-order valence-corrected chi connectivity index (χ2v) is 7.83. The number of amides is 2. The third-order valence-corrected chi connectivity index (χ3v) is 5.33. The highest BCUT2D eigenvalue weighted by molar-refractivity contribution is 6.30. The van der Waals surface area contributed by atoms with Gasteiger partial charge < -0.3 is 15.5 Å². The monoisotopic (exact) mass is 461 g/mol. The van der Waals surface area contributed by atoms with Crippen LogP contribution in [0.25, 0.3) is 0 Å². The zero-order valence-corrected chi connectivity index (χ0v) is 18.5. The quantitative estimate of drug-likeness (QED) is 0.544. The van der Waals surface area contributed by atoms with Gasteiger partial charge in [-0.1, -0.05) is 23.7 Å². The Labute approximate surface area is 195 Å².